The zero-order valence-corrected chi connectivity index (χ0v) is 13.8. The fourth-order valence-corrected chi connectivity index (χ4v) is 2.24. The zero-order chi connectivity index (χ0) is 15.9. The number of nitrogens with two attached hydrogens (primary N) is 1. The van der Waals surface area contributed by atoms with Gasteiger partial charge in [-0.25, -0.2) is 0 Å². The maximum atomic E-state index is 7.56. The highest BCUT2D eigenvalue weighted by Crippen LogP contribution is 2.22. The van der Waals surface area contributed by atoms with Gasteiger partial charge >= 0.3 is 0 Å². The van der Waals surface area contributed by atoms with Crippen LogP contribution in [-0.2, 0) is 6.54 Å². The molecule has 0 aliphatic rings. The van der Waals surface area contributed by atoms with E-state index in [0.29, 0.717) is 0 Å². The Labute approximate surface area is 128 Å². The van der Waals surface area contributed by atoms with Crippen LogP contribution in [0, 0.1) is 10.8 Å². The molecule has 0 saturated heterocycles. The monoisotopic (exact) mass is 291 g/mol. The number of rotatable bonds is 9. The molecule has 0 aliphatic heterocycles. The molecule has 0 amide bonds. The number of ether oxygens (including phenoxy) is 1. The lowest BCUT2D eigenvalue weighted by Gasteiger charge is -2.23. The van der Waals surface area contributed by atoms with Gasteiger partial charge in [0.2, 0.25) is 0 Å². The van der Waals surface area contributed by atoms with Gasteiger partial charge in [0.15, 0.2) is 0 Å². The molecule has 21 heavy (non-hydrogen) atoms. The molecule has 0 heterocycles. The molecule has 0 unspecified atom stereocenters. The van der Waals surface area contributed by atoms with Gasteiger partial charge in [-0.1, -0.05) is 32.4 Å². The lowest BCUT2D eigenvalue weighted by Crippen LogP contribution is -2.31. The van der Waals surface area contributed by atoms with Crippen molar-refractivity contribution in [3.63, 3.8) is 0 Å². The molecular formula is C17H29N3O. The van der Waals surface area contributed by atoms with Crippen molar-refractivity contribution >= 4 is 5.84 Å². The summed E-state index contributed by atoms with van der Waals surface area (Å²) in [6.07, 6.45) is 3.18. The average molecular weight is 291 g/mol. The van der Waals surface area contributed by atoms with E-state index in [-0.39, 0.29) is 11.3 Å². The summed E-state index contributed by atoms with van der Waals surface area (Å²) in [7, 11) is 3.83. The van der Waals surface area contributed by atoms with Crippen LogP contribution in [0.25, 0.3) is 0 Å². The van der Waals surface area contributed by atoms with Crippen LogP contribution in [0.5, 0.6) is 5.75 Å². The number of amidine groups is 1. The number of hydrogen-bond acceptors (Lipinski definition) is 3. The smallest absolute Gasteiger partial charge is 0.119 e. The van der Waals surface area contributed by atoms with E-state index in [1.807, 2.05) is 26.0 Å². The summed E-state index contributed by atoms with van der Waals surface area (Å²) in [5, 5.41) is 7.56. The summed E-state index contributed by atoms with van der Waals surface area (Å²) in [5.74, 6) is 1.19. The van der Waals surface area contributed by atoms with Gasteiger partial charge in [-0.3, -0.25) is 5.41 Å². The molecule has 0 aromatic heterocycles. The molecule has 0 fully saturated rings. The molecule has 0 spiro atoms. The average Bonchev–Trinajstić information content (AvgIpc) is 2.43. The Bertz CT molecular complexity index is 457. The largest absolute Gasteiger partial charge is 0.497 e. The number of unbranched alkanes of at least 4 members (excludes halogenated alkanes) is 1. The number of nitrogens with one attached hydrogen (secondary N) is 1. The fourth-order valence-electron chi connectivity index (χ4n) is 2.24. The summed E-state index contributed by atoms with van der Waals surface area (Å²) >= 11 is 0. The maximum Gasteiger partial charge on any atom is 0.119 e. The SMILES string of the molecule is COc1cccc(CN(C)CCCCC(C)(C)C(=N)N)c1. The first kappa shape index (κ1) is 17.5. The zero-order valence-electron chi connectivity index (χ0n) is 13.8. The summed E-state index contributed by atoms with van der Waals surface area (Å²) < 4.78 is 5.24. The summed E-state index contributed by atoms with van der Waals surface area (Å²) in [4.78, 5) is 2.32. The lowest BCUT2D eigenvalue weighted by atomic mass is 9.86. The molecule has 1 aromatic carbocycles. The molecular weight excluding hydrogens is 262 g/mol. The van der Waals surface area contributed by atoms with Crippen LogP contribution < -0.4 is 10.5 Å². The van der Waals surface area contributed by atoms with Crippen LogP contribution in [0.3, 0.4) is 0 Å². The predicted octanol–water partition coefficient (Wildman–Crippen LogP) is 3.26. The van der Waals surface area contributed by atoms with E-state index >= 15 is 0 Å². The standard InChI is InChI=1S/C17H29N3O/c1-17(2,16(18)19)10-5-6-11-20(3)13-14-8-7-9-15(12-14)21-4/h7-9,12H,5-6,10-11,13H2,1-4H3,(H3,18,19). The molecule has 0 atom stereocenters. The first-order valence-electron chi connectivity index (χ1n) is 7.51. The maximum absolute atomic E-state index is 7.56. The van der Waals surface area contributed by atoms with Crippen molar-refractivity contribution in [2.75, 3.05) is 20.7 Å². The van der Waals surface area contributed by atoms with Crippen molar-refractivity contribution in [2.24, 2.45) is 11.1 Å². The molecule has 3 N–H and O–H groups in total. The summed E-state index contributed by atoms with van der Waals surface area (Å²) in [6, 6.07) is 8.19. The van der Waals surface area contributed by atoms with Crippen molar-refractivity contribution in [1.82, 2.24) is 4.90 Å². The van der Waals surface area contributed by atoms with E-state index in [4.69, 9.17) is 15.9 Å². The molecule has 4 heteroatoms. The molecule has 0 aliphatic carbocycles. The van der Waals surface area contributed by atoms with Crippen LogP contribution in [0.1, 0.15) is 38.7 Å². The topological polar surface area (TPSA) is 62.3 Å². The van der Waals surface area contributed by atoms with E-state index in [9.17, 15) is 0 Å². The summed E-state index contributed by atoms with van der Waals surface area (Å²) in [6.45, 7) is 6.04. The van der Waals surface area contributed by atoms with Gasteiger partial charge < -0.3 is 15.4 Å². The van der Waals surface area contributed by atoms with Gasteiger partial charge in [-0.05, 0) is 44.1 Å². The van der Waals surface area contributed by atoms with Gasteiger partial charge in [0.05, 0.1) is 12.9 Å². The van der Waals surface area contributed by atoms with Gasteiger partial charge in [0.25, 0.3) is 0 Å². The van der Waals surface area contributed by atoms with Crippen molar-refractivity contribution in [3.8, 4) is 5.75 Å². The van der Waals surface area contributed by atoms with Crippen LogP contribution in [0.15, 0.2) is 24.3 Å². The van der Waals surface area contributed by atoms with E-state index in [1.165, 1.54) is 5.56 Å². The van der Waals surface area contributed by atoms with Crippen LogP contribution in [-0.4, -0.2) is 31.4 Å². The Morgan fingerprint density at radius 1 is 1.33 bits per heavy atom. The number of hydrogen-bond donors (Lipinski definition) is 2. The highest BCUT2D eigenvalue weighted by molar-refractivity contribution is 5.82. The quantitative estimate of drug-likeness (QED) is 0.417. The highest BCUT2D eigenvalue weighted by atomic mass is 16.5. The molecule has 118 valence electrons. The minimum Gasteiger partial charge on any atom is -0.497 e. The Morgan fingerprint density at radius 3 is 2.67 bits per heavy atom. The van der Waals surface area contributed by atoms with Crippen molar-refractivity contribution in [2.45, 2.75) is 39.7 Å². The second-order valence-corrected chi connectivity index (χ2v) is 6.34. The number of nitrogens with zero attached hydrogens (tertiary/aromatic N) is 1. The van der Waals surface area contributed by atoms with Crippen molar-refractivity contribution in [1.29, 1.82) is 5.41 Å². The fraction of sp³-hybridized carbons (Fsp3) is 0.588. The molecule has 1 rings (SSSR count). The van der Waals surface area contributed by atoms with Crippen LogP contribution in [0.2, 0.25) is 0 Å². The van der Waals surface area contributed by atoms with E-state index < -0.39 is 0 Å². The minimum atomic E-state index is -0.175. The van der Waals surface area contributed by atoms with Gasteiger partial charge in [-0.2, -0.15) is 0 Å². The highest BCUT2D eigenvalue weighted by Gasteiger charge is 2.20. The van der Waals surface area contributed by atoms with E-state index in [2.05, 4.69) is 24.1 Å². The van der Waals surface area contributed by atoms with Crippen molar-refractivity contribution in [3.05, 3.63) is 29.8 Å². The Balaban J connectivity index is 2.31. The molecule has 0 saturated carbocycles. The normalized spacial score (nSPS) is 11.7. The van der Waals surface area contributed by atoms with E-state index in [0.717, 1.165) is 38.1 Å². The third-order valence-electron chi connectivity index (χ3n) is 3.91. The van der Waals surface area contributed by atoms with Crippen LogP contribution in [0.4, 0.5) is 0 Å². The third-order valence-corrected chi connectivity index (χ3v) is 3.91. The Morgan fingerprint density at radius 2 is 2.05 bits per heavy atom. The first-order chi connectivity index (χ1) is 9.85. The minimum absolute atomic E-state index is 0.175. The Kier molecular flexibility index (Phi) is 6.69. The Hall–Kier alpha value is -1.55. The van der Waals surface area contributed by atoms with Gasteiger partial charge in [-0.15, -0.1) is 0 Å². The van der Waals surface area contributed by atoms with Gasteiger partial charge in [0.1, 0.15) is 5.75 Å². The lowest BCUT2D eigenvalue weighted by molar-refractivity contribution is 0.308. The molecule has 0 radical (unpaired) electrons. The molecule has 4 nitrogen and oxygen atoms in total. The van der Waals surface area contributed by atoms with Crippen LogP contribution >= 0.6 is 0 Å². The predicted molar refractivity (Wildman–Crippen MR) is 88.9 cm³/mol. The first-order valence-corrected chi connectivity index (χ1v) is 7.51. The number of benzene rings is 1. The van der Waals surface area contributed by atoms with Crippen molar-refractivity contribution < 1.29 is 4.74 Å². The molecule has 1 aromatic rings. The molecule has 0 bridgehead atoms. The second kappa shape index (κ2) is 8.03. The summed E-state index contributed by atoms with van der Waals surface area (Å²) in [5.41, 5.74) is 6.69. The van der Waals surface area contributed by atoms with Gasteiger partial charge in [0, 0.05) is 12.0 Å². The third kappa shape index (κ3) is 6.17. The van der Waals surface area contributed by atoms with E-state index in [1.54, 1.807) is 7.11 Å². The second-order valence-electron chi connectivity index (χ2n) is 6.34. The number of methoxy groups -OCH3 is 1.